The molecule has 3 rings (SSSR count). The number of para-hydroxylation sites is 1. The topological polar surface area (TPSA) is 25.2 Å². The van der Waals surface area contributed by atoms with Crippen molar-refractivity contribution in [2.75, 3.05) is 5.88 Å². The van der Waals surface area contributed by atoms with E-state index < -0.39 is 0 Å². The van der Waals surface area contributed by atoms with Crippen LogP contribution in [-0.4, -0.2) is 10.9 Å². The number of pyridine rings is 1. The summed E-state index contributed by atoms with van der Waals surface area (Å²) in [6.07, 6.45) is 1.90. The van der Waals surface area contributed by atoms with Crippen LogP contribution in [-0.2, 0) is 0 Å². The first-order valence-corrected chi connectivity index (χ1v) is 5.50. The molecule has 0 aliphatic carbocycles. The number of nitrogens with zero attached hydrogens (tertiary/aromatic N) is 2. The van der Waals surface area contributed by atoms with Crippen molar-refractivity contribution >= 4 is 28.1 Å². The summed E-state index contributed by atoms with van der Waals surface area (Å²) < 4.78 is 0. The number of hydrogen-bond donors (Lipinski definition) is 0. The molecule has 0 radical (unpaired) electrons. The molecule has 2 heterocycles. The lowest BCUT2D eigenvalue weighted by atomic mass is 10.2. The average molecular weight is 200 g/mol. The van der Waals surface area contributed by atoms with Crippen molar-refractivity contribution in [2.45, 2.75) is 0 Å². The Kier molecular flexibility index (Phi) is 1.77. The molecule has 0 fully saturated rings. The molecule has 3 heteroatoms. The highest BCUT2D eigenvalue weighted by atomic mass is 32.2. The average Bonchev–Trinajstić information content (AvgIpc) is 2.29. The Balaban J connectivity index is 2.60. The lowest BCUT2D eigenvalue weighted by Crippen LogP contribution is -2.28. The first-order chi connectivity index (χ1) is 6.95. The summed E-state index contributed by atoms with van der Waals surface area (Å²) in [6, 6.07) is 8.13. The molecule has 0 saturated heterocycles. The second kappa shape index (κ2) is 3.10. The smallest absolute Gasteiger partial charge is 0.0892 e. The number of aromatic nitrogens is 1. The molecule has 2 nitrogen and oxygen atoms in total. The Labute approximate surface area is 85.4 Å². The lowest BCUT2D eigenvalue weighted by Gasteiger charge is -2.02. The van der Waals surface area contributed by atoms with Crippen molar-refractivity contribution < 1.29 is 0 Å². The maximum absolute atomic E-state index is 4.51. The van der Waals surface area contributed by atoms with E-state index in [2.05, 4.69) is 21.5 Å². The summed E-state index contributed by atoms with van der Waals surface area (Å²) in [5, 5.41) is 5.51. The highest BCUT2D eigenvalue weighted by molar-refractivity contribution is 8.06. The molecule has 1 aromatic carbocycles. The van der Waals surface area contributed by atoms with Crippen molar-refractivity contribution in [3.8, 4) is 0 Å². The van der Waals surface area contributed by atoms with Crippen LogP contribution < -0.4 is 10.6 Å². The third-order valence-electron chi connectivity index (χ3n) is 2.28. The molecular formula is C11H8N2S. The zero-order valence-corrected chi connectivity index (χ0v) is 8.29. The standard InChI is InChI=1S/C11H8N2S/c1-2-4-10-9(3-1)11-8(5-12-10)6-14-7-13-11/h1-6H,7H2. The van der Waals surface area contributed by atoms with Gasteiger partial charge < -0.3 is 0 Å². The molecule has 0 N–H and O–H groups in total. The predicted octanol–water partition coefficient (Wildman–Crippen LogP) is 1.30. The van der Waals surface area contributed by atoms with E-state index in [9.17, 15) is 0 Å². The third-order valence-corrected chi connectivity index (χ3v) is 2.98. The van der Waals surface area contributed by atoms with Gasteiger partial charge in [0.1, 0.15) is 0 Å². The largest absolute Gasteiger partial charge is 0.273 e. The van der Waals surface area contributed by atoms with Crippen molar-refractivity contribution in [3.05, 3.63) is 41.0 Å². The number of benzene rings is 1. The van der Waals surface area contributed by atoms with E-state index in [4.69, 9.17) is 0 Å². The summed E-state index contributed by atoms with van der Waals surface area (Å²) in [6.45, 7) is 0. The quantitative estimate of drug-likeness (QED) is 0.640. The fourth-order valence-corrected chi connectivity index (χ4v) is 2.26. The molecule has 68 valence electrons. The maximum Gasteiger partial charge on any atom is 0.0892 e. The van der Waals surface area contributed by atoms with Gasteiger partial charge in [-0.1, -0.05) is 18.2 Å². The Bertz CT molecular complexity index is 604. The first-order valence-electron chi connectivity index (χ1n) is 4.45. The number of rotatable bonds is 0. The van der Waals surface area contributed by atoms with E-state index in [1.807, 2.05) is 24.4 Å². The van der Waals surface area contributed by atoms with Crippen molar-refractivity contribution in [1.29, 1.82) is 0 Å². The van der Waals surface area contributed by atoms with E-state index >= 15 is 0 Å². The van der Waals surface area contributed by atoms with Crippen molar-refractivity contribution in [2.24, 2.45) is 4.99 Å². The summed E-state index contributed by atoms with van der Waals surface area (Å²) >= 11 is 1.71. The molecule has 2 aromatic rings. The van der Waals surface area contributed by atoms with Gasteiger partial charge in [0.05, 0.1) is 16.8 Å². The molecule has 14 heavy (non-hydrogen) atoms. The van der Waals surface area contributed by atoms with Gasteiger partial charge in [0.2, 0.25) is 0 Å². The van der Waals surface area contributed by atoms with Crippen LogP contribution in [0, 0.1) is 0 Å². The van der Waals surface area contributed by atoms with E-state index in [-0.39, 0.29) is 0 Å². The van der Waals surface area contributed by atoms with Crippen LogP contribution >= 0.6 is 11.8 Å². The normalized spacial score (nSPS) is 14.3. The minimum Gasteiger partial charge on any atom is -0.273 e. The van der Waals surface area contributed by atoms with Gasteiger partial charge in [-0.15, -0.1) is 11.8 Å². The van der Waals surface area contributed by atoms with Gasteiger partial charge in [-0.3, -0.25) is 9.98 Å². The molecule has 1 aliphatic heterocycles. The van der Waals surface area contributed by atoms with Gasteiger partial charge in [0, 0.05) is 16.8 Å². The summed E-state index contributed by atoms with van der Waals surface area (Å²) in [5.41, 5.74) is 1.02. The molecule has 0 atom stereocenters. The molecule has 1 aliphatic rings. The second-order valence-electron chi connectivity index (χ2n) is 3.15. The molecule has 0 amide bonds. The van der Waals surface area contributed by atoms with E-state index in [1.165, 1.54) is 0 Å². The molecule has 0 spiro atoms. The van der Waals surface area contributed by atoms with E-state index in [0.29, 0.717) is 0 Å². The summed E-state index contributed by atoms with van der Waals surface area (Å²) in [5.74, 6) is 0.820. The van der Waals surface area contributed by atoms with Gasteiger partial charge in [0.25, 0.3) is 0 Å². The summed E-state index contributed by atoms with van der Waals surface area (Å²) in [4.78, 5) is 8.90. The van der Waals surface area contributed by atoms with Crippen molar-refractivity contribution in [3.63, 3.8) is 0 Å². The predicted molar refractivity (Wildman–Crippen MR) is 59.4 cm³/mol. The monoisotopic (exact) mass is 200 g/mol. The van der Waals surface area contributed by atoms with Crippen LogP contribution in [0.15, 0.2) is 35.5 Å². The lowest BCUT2D eigenvalue weighted by molar-refractivity contribution is 1.20. The summed E-state index contributed by atoms with van der Waals surface area (Å²) in [7, 11) is 0. The third kappa shape index (κ3) is 1.13. The molecule has 0 bridgehead atoms. The highest BCUT2D eigenvalue weighted by Crippen LogP contribution is 2.07. The van der Waals surface area contributed by atoms with Crippen LogP contribution in [0.1, 0.15) is 0 Å². The van der Waals surface area contributed by atoms with Gasteiger partial charge in [-0.2, -0.15) is 0 Å². The van der Waals surface area contributed by atoms with E-state index in [1.54, 1.807) is 11.8 Å². The van der Waals surface area contributed by atoms with Crippen LogP contribution in [0.2, 0.25) is 0 Å². The maximum atomic E-state index is 4.51. The fourth-order valence-electron chi connectivity index (χ4n) is 1.63. The fraction of sp³-hybridized carbons (Fsp3) is 0.0909. The minimum atomic E-state index is 0.820. The van der Waals surface area contributed by atoms with Gasteiger partial charge in [-0.25, -0.2) is 0 Å². The van der Waals surface area contributed by atoms with Crippen LogP contribution in [0.5, 0.6) is 0 Å². The van der Waals surface area contributed by atoms with Crippen LogP contribution in [0.25, 0.3) is 16.3 Å². The second-order valence-corrected chi connectivity index (χ2v) is 3.98. The number of hydrogen-bond acceptors (Lipinski definition) is 3. The zero-order valence-electron chi connectivity index (χ0n) is 7.47. The first kappa shape index (κ1) is 8.00. The SMILES string of the molecule is C1=c2cnc3ccccc3c2=NCS1. The molecular weight excluding hydrogens is 192 g/mol. The van der Waals surface area contributed by atoms with Gasteiger partial charge in [-0.05, 0) is 11.5 Å². The Hall–Kier alpha value is -1.35. The Morgan fingerprint density at radius 1 is 1.21 bits per heavy atom. The van der Waals surface area contributed by atoms with Gasteiger partial charge in [0.15, 0.2) is 0 Å². The van der Waals surface area contributed by atoms with Crippen LogP contribution in [0.4, 0.5) is 0 Å². The molecule has 0 unspecified atom stereocenters. The number of thioether (sulfide) groups is 1. The Morgan fingerprint density at radius 2 is 2.14 bits per heavy atom. The van der Waals surface area contributed by atoms with Gasteiger partial charge >= 0.3 is 0 Å². The number of fused-ring (bicyclic) bond motifs is 3. The highest BCUT2D eigenvalue weighted by Gasteiger charge is 2.00. The molecule has 0 saturated carbocycles. The van der Waals surface area contributed by atoms with E-state index in [0.717, 1.165) is 27.4 Å². The van der Waals surface area contributed by atoms with Crippen LogP contribution in [0.3, 0.4) is 0 Å². The van der Waals surface area contributed by atoms with Crippen molar-refractivity contribution in [1.82, 2.24) is 4.98 Å². The Morgan fingerprint density at radius 3 is 3.14 bits per heavy atom. The molecule has 1 aromatic heterocycles. The minimum absolute atomic E-state index is 0.820. The zero-order chi connectivity index (χ0) is 9.38.